The summed E-state index contributed by atoms with van der Waals surface area (Å²) in [6, 6.07) is 4.19. The molecule has 0 amide bonds. The summed E-state index contributed by atoms with van der Waals surface area (Å²) in [6.45, 7) is 3.72. The summed E-state index contributed by atoms with van der Waals surface area (Å²) < 4.78 is 27.4. The second kappa shape index (κ2) is 6.62. The molecule has 2 unspecified atom stereocenters. The van der Waals surface area contributed by atoms with Gasteiger partial charge in [-0.2, -0.15) is 0 Å². The number of hydrogen-bond acceptors (Lipinski definition) is 3. The van der Waals surface area contributed by atoms with Crippen molar-refractivity contribution in [3.05, 3.63) is 28.2 Å². The van der Waals surface area contributed by atoms with Crippen LogP contribution in [0.15, 0.2) is 23.1 Å². The lowest BCUT2D eigenvalue weighted by Crippen LogP contribution is -2.44. The average Bonchev–Trinajstić information content (AvgIpc) is 2.38. The highest BCUT2D eigenvalue weighted by atomic mass is 35.5. The highest BCUT2D eigenvalue weighted by Crippen LogP contribution is 2.23. The van der Waals surface area contributed by atoms with Gasteiger partial charge >= 0.3 is 0 Å². The van der Waals surface area contributed by atoms with Gasteiger partial charge in [-0.1, -0.05) is 23.2 Å². The van der Waals surface area contributed by atoms with Crippen molar-refractivity contribution in [1.82, 2.24) is 10.0 Å². The highest BCUT2D eigenvalue weighted by molar-refractivity contribution is 7.89. The van der Waals surface area contributed by atoms with Gasteiger partial charge in [-0.15, -0.1) is 0 Å². The number of rotatable bonds is 4. The third-order valence-electron chi connectivity index (χ3n) is 3.53. The number of hydrogen-bond donors (Lipinski definition) is 2. The zero-order valence-corrected chi connectivity index (χ0v) is 13.5. The molecule has 2 N–H and O–H groups in total. The summed E-state index contributed by atoms with van der Waals surface area (Å²) in [5.41, 5.74) is 0. The summed E-state index contributed by atoms with van der Waals surface area (Å²) in [7, 11) is -3.60. The van der Waals surface area contributed by atoms with Crippen LogP contribution >= 0.6 is 23.2 Å². The van der Waals surface area contributed by atoms with Crippen LogP contribution in [0, 0.1) is 5.92 Å². The Morgan fingerprint density at radius 3 is 2.50 bits per heavy atom. The minimum absolute atomic E-state index is 0.102. The van der Waals surface area contributed by atoms with Crippen LogP contribution in [0.1, 0.15) is 19.8 Å². The first-order chi connectivity index (χ1) is 9.38. The van der Waals surface area contributed by atoms with Crippen molar-refractivity contribution in [3.8, 4) is 0 Å². The van der Waals surface area contributed by atoms with Gasteiger partial charge in [0.15, 0.2) is 0 Å². The normalized spacial score (nSPS) is 21.6. The molecule has 20 heavy (non-hydrogen) atoms. The Morgan fingerprint density at radius 1 is 1.30 bits per heavy atom. The predicted octanol–water partition coefficient (Wildman–Crippen LogP) is 2.66. The van der Waals surface area contributed by atoms with E-state index < -0.39 is 10.0 Å². The summed E-state index contributed by atoms with van der Waals surface area (Å²) in [6.07, 6.45) is 2.09. The van der Waals surface area contributed by atoms with E-state index in [2.05, 4.69) is 10.0 Å². The predicted molar refractivity (Wildman–Crippen MR) is 81.8 cm³/mol. The van der Waals surface area contributed by atoms with Crippen LogP contribution in [-0.4, -0.2) is 27.5 Å². The van der Waals surface area contributed by atoms with Crippen LogP contribution < -0.4 is 10.0 Å². The molecule has 0 aliphatic carbocycles. The van der Waals surface area contributed by atoms with Crippen LogP contribution in [0.25, 0.3) is 0 Å². The molecule has 1 aromatic carbocycles. The molecule has 1 aliphatic rings. The van der Waals surface area contributed by atoms with E-state index >= 15 is 0 Å². The fraction of sp³-hybridized carbons (Fsp3) is 0.538. The molecule has 1 heterocycles. The van der Waals surface area contributed by atoms with Crippen LogP contribution in [0.2, 0.25) is 10.0 Å². The van der Waals surface area contributed by atoms with E-state index in [1.807, 2.05) is 6.92 Å². The van der Waals surface area contributed by atoms with Gasteiger partial charge in [0, 0.05) is 16.1 Å². The monoisotopic (exact) mass is 336 g/mol. The lowest BCUT2D eigenvalue weighted by atomic mass is 9.94. The molecule has 0 aromatic heterocycles. The molecular weight excluding hydrogens is 319 g/mol. The van der Waals surface area contributed by atoms with Crippen molar-refractivity contribution >= 4 is 33.2 Å². The van der Waals surface area contributed by atoms with Gasteiger partial charge in [0.05, 0.1) is 4.90 Å². The highest BCUT2D eigenvalue weighted by Gasteiger charge is 2.25. The molecule has 0 bridgehead atoms. The van der Waals surface area contributed by atoms with Gasteiger partial charge in [-0.3, -0.25) is 0 Å². The third-order valence-corrected chi connectivity index (χ3v) is 5.50. The van der Waals surface area contributed by atoms with Crippen molar-refractivity contribution in [3.63, 3.8) is 0 Å². The fourth-order valence-corrected chi connectivity index (χ4v) is 4.44. The third kappa shape index (κ3) is 4.09. The van der Waals surface area contributed by atoms with Crippen molar-refractivity contribution in [2.75, 3.05) is 13.1 Å². The zero-order valence-electron chi connectivity index (χ0n) is 11.2. The topological polar surface area (TPSA) is 58.2 Å². The molecule has 2 atom stereocenters. The van der Waals surface area contributed by atoms with Gasteiger partial charge in [0.25, 0.3) is 0 Å². The largest absolute Gasteiger partial charge is 0.316 e. The second-order valence-electron chi connectivity index (χ2n) is 5.12. The molecule has 1 saturated heterocycles. The Hall–Kier alpha value is -0.330. The number of sulfonamides is 1. The van der Waals surface area contributed by atoms with Gasteiger partial charge in [-0.25, -0.2) is 13.1 Å². The van der Waals surface area contributed by atoms with Gasteiger partial charge in [0.2, 0.25) is 10.0 Å². The first kappa shape index (κ1) is 16.0. The summed E-state index contributed by atoms with van der Waals surface area (Å²) in [5, 5.41) is 3.90. The van der Waals surface area contributed by atoms with Crippen LogP contribution in [-0.2, 0) is 10.0 Å². The van der Waals surface area contributed by atoms with Gasteiger partial charge in [0.1, 0.15) is 0 Å². The van der Waals surface area contributed by atoms with Crippen molar-refractivity contribution in [1.29, 1.82) is 0 Å². The lowest BCUT2D eigenvalue weighted by molar-refractivity contribution is 0.320. The second-order valence-corrected chi connectivity index (χ2v) is 7.71. The van der Waals surface area contributed by atoms with Crippen molar-refractivity contribution in [2.24, 2.45) is 5.92 Å². The maximum Gasteiger partial charge on any atom is 0.240 e. The van der Waals surface area contributed by atoms with Crippen molar-refractivity contribution in [2.45, 2.75) is 30.7 Å². The van der Waals surface area contributed by atoms with Gasteiger partial charge < -0.3 is 5.32 Å². The van der Waals surface area contributed by atoms with E-state index in [1.165, 1.54) is 18.2 Å². The standard InChI is InChI=1S/C13H18Cl2N2O2S/c1-9(10-3-2-4-16-8-10)17-20(18,19)13-6-11(14)5-12(15)7-13/h5-7,9-10,16-17H,2-4,8H2,1H3. The Morgan fingerprint density at radius 2 is 1.95 bits per heavy atom. The Kier molecular flexibility index (Phi) is 5.31. The molecule has 0 radical (unpaired) electrons. The minimum Gasteiger partial charge on any atom is -0.316 e. The van der Waals surface area contributed by atoms with E-state index in [1.54, 1.807) is 0 Å². The minimum atomic E-state index is -3.60. The number of piperidine rings is 1. The molecule has 7 heteroatoms. The maximum atomic E-state index is 12.3. The molecule has 1 fully saturated rings. The Labute approximate surface area is 129 Å². The quantitative estimate of drug-likeness (QED) is 0.888. The molecule has 112 valence electrons. The van der Waals surface area contributed by atoms with Crippen LogP contribution in [0.3, 0.4) is 0 Å². The molecule has 0 spiro atoms. The van der Waals surface area contributed by atoms with E-state index in [0.29, 0.717) is 16.0 Å². The van der Waals surface area contributed by atoms with Gasteiger partial charge in [-0.05, 0) is 57.0 Å². The Balaban J connectivity index is 2.13. The summed E-state index contributed by atoms with van der Waals surface area (Å²) in [4.78, 5) is 0.102. The van der Waals surface area contributed by atoms with E-state index in [4.69, 9.17) is 23.2 Å². The first-order valence-electron chi connectivity index (χ1n) is 6.57. The first-order valence-corrected chi connectivity index (χ1v) is 8.81. The van der Waals surface area contributed by atoms with E-state index in [9.17, 15) is 8.42 Å². The maximum absolute atomic E-state index is 12.3. The molecule has 1 aromatic rings. The molecule has 0 saturated carbocycles. The zero-order chi connectivity index (χ0) is 14.8. The number of benzene rings is 1. The molecule has 4 nitrogen and oxygen atoms in total. The average molecular weight is 337 g/mol. The number of halogens is 2. The molecular formula is C13H18Cl2N2O2S. The van der Waals surface area contributed by atoms with Crippen LogP contribution in [0.4, 0.5) is 0 Å². The smallest absolute Gasteiger partial charge is 0.240 e. The molecule has 2 rings (SSSR count). The fourth-order valence-electron chi connectivity index (χ4n) is 2.40. The molecule has 1 aliphatic heterocycles. The Bertz CT molecular complexity index is 551. The summed E-state index contributed by atoms with van der Waals surface area (Å²) >= 11 is 11.7. The van der Waals surface area contributed by atoms with Crippen molar-refractivity contribution < 1.29 is 8.42 Å². The SMILES string of the molecule is CC(NS(=O)(=O)c1cc(Cl)cc(Cl)c1)C1CCCNC1. The van der Waals surface area contributed by atoms with E-state index in [0.717, 1.165) is 25.9 Å². The van der Waals surface area contributed by atoms with Crippen LogP contribution in [0.5, 0.6) is 0 Å². The van der Waals surface area contributed by atoms with E-state index in [-0.39, 0.29) is 10.9 Å². The number of nitrogens with one attached hydrogen (secondary N) is 2. The lowest BCUT2D eigenvalue weighted by Gasteiger charge is -2.28. The summed E-state index contributed by atoms with van der Waals surface area (Å²) in [5.74, 6) is 0.299.